The van der Waals surface area contributed by atoms with E-state index < -0.39 is 0 Å². The number of anilines is 1. The summed E-state index contributed by atoms with van der Waals surface area (Å²) in [7, 11) is 0. The van der Waals surface area contributed by atoms with Crippen LogP contribution in [0.15, 0.2) is 24.3 Å². The van der Waals surface area contributed by atoms with Crippen LogP contribution in [0.5, 0.6) is 0 Å². The molecule has 2 saturated heterocycles. The molecule has 2 nitrogen and oxygen atoms in total. The van der Waals surface area contributed by atoms with Gasteiger partial charge in [-0.1, -0.05) is 18.2 Å². The Bertz CT molecular complexity index is 375. The molecule has 3 rings (SSSR count). The number of nitrogens with zero attached hydrogens (tertiary/aromatic N) is 2. The van der Waals surface area contributed by atoms with E-state index in [-0.39, 0.29) is 0 Å². The van der Waals surface area contributed by atoms with Gasteiger partial charge in [0, 0.05) is 31.4 Å². The van der Waals surface area contributed by atoms with Gasteiger partial charge >= 0.3 is 0 Å². The lowest BCUT2D eigenvalue weighted by Gasteiger charge is -2.39. The highest BCUT2D eigenvalue weighted by atomic mass is 15.3. The van der Waals surface area contributed by atoms with Crippen molar-refractivity contribution in [1.82, 2.24) is 4.90 Å². The van der Waals surface area contributed by atoms with E-state index in [2.05, 4.69) is 41.0 Å². The molecule has 16 heavy (non-hydrogen) atoms. The first-order chi connectivity index (χ1) is 7.84. The highest BCUT2D eigenvalue weighted by Gasteiger charge is 2.30. The standard InChI is InChI=1S/C14H20N2/c1-12-5-2-3-7-14(12)16-10-9-15-8-4-6-13(15)11-16/h2-3,5,7,13H,4,6,8-11H2,1H3. The van der Waals surface area contributed by atoms with Gasteiger partial charge in [-0.2, -0.15) is 0 Å². The third-order valence-corrected chi connectivity index (χ3v) is 4.04. The largest absolute Gasteiger partial charge is 0.368 e. The van der Waals surface area contributed by atoms with E-state index in [1.165, 1.54) is 50.3 Å². The van der Waals surface area contributed by atoms with Crippen LogP contribution in [0.2, 0.25) is 0 Å². The van der Waals surface area contributed by atoms with Gasteiger partial charge in [-0.05, 0) is 37.9 Å². The van der Waals surface area contributed by atoms with Gasteiger partial charge in [-0.15, -0.1) is 0 Å². The molecule has 86 valence electrons. The first-order valence-electron chi connectivity index (χ1n) is 6.39. The Morgan fingerprint density at radius 3 is 2.88 bits per heavy atom. The van der Waals surface area contributed by atoms with Crippen molar-refractivity contribution in [1.29, 1.82) is 0 Å². The number of benzene rings is 1. The predicted octanol–water partition coefficient (Wildman–Crippen LogP) is 2.28. The van der Waals surface area contributed by atoms with Crippen molar-refractivity contribution in [3.05, 3.63) is 29.8 Å². The average molecular weight is 216 g/mol. The van der Waals surface area contributed by atoms with Crippen molar-refractivity contribution in [2.24, 2.45) is 0 Å². The molecule has 1 aromatic rings. The lowest BCUT2D eigenvalue weighted by atomic mass is 10.1. The molecule has 0 aromatic heterocycles. The maximum Gasteiger partial charge on any atom is 0.0396 e. The molecule has 0 aliphatic carbocycles. The molecule has 2 aliphatic rings. The summed E-state index contributed by atoms with van der Waals surface area (Å²) in [6.45, 7) is 7.22. The summed E-state index contributed by atoms with van der Waals surface area (Å²) in [5, 5.41) is 0. The quantitative estimate of drug-likeness (QED) is 0.710. The maximum atomic E-state index is 2.66. The molecule has 0 spiro atoms. The molecule has 2 heteroatoms. The number of aryl methyl sites for hydroxylation is 1. The molecule has 0 amide bonds. The molecule has 0 saturated carbocycles. The van der Waals surface area contributed by atoms with Crippen LogP contribution in [0, 0.1) is 6.92 Å². The van der Waals surface area contributed by atoms with E-state index in [0.29, 0.717) is 0 Å². The smallest absolute Gasteiger partial charge is 0.0396 e. The summed E-state index contributed by atoms with van der Waals surface area (Å²) in [6.07, 6.45) is 2.79. The monoisotopic (exact) mass is 216 g/mol. The van der Waals surface area contributed by atoms with Crippen molar-refractivity contribution in [2.45, 2.75) is 25.8 Å². The van der Waals surface area contributed by atoms with Gasteiger partial charge in [0.05, 0.1) is 0 Å². The van der Waals surface area contributed by atoms with Crippen molar-refractivity contribution >= 4 is 5.69 Å². The van der Waals surface area contributed by atoms with Gasteiger partial charge in [-0.3, -0.25) is 4.90 Å². The summed E-state index contributed by atoms with van der Waals surface area (Å²) in [5.41, 5.74) is 2.85. The highest BCUT2D eigenvalue weighted by molar-refractivity contribution is 5.53. The van der Waals surface area contributed by atoms with Gasteiger partial charge < -0.3 is 4.90 Å². The predicted molar refractivity (Wildman–Crippen MR) is 68.0 cm³/mol. The van der Waals surface area contributed by atoms with E-state index in [4.69, 9.17) is 0 Å². The number of piperazine rings is 1. The Balaban J connectivity index is 1.79. The molecule has 2 aliphatic heterocycles. The van der Waals surface area contributed by atoms with Crippen LogP contribution < -0.4 is 4.90 Å². The normalized spacial score (nSPS) is 25.8. The fourth-order valence-electron chi connectivity index (χ4n) is 3.13. The zero-order valence-corrected chi connectivity index (χ0v) is 10.0. The zero-order chi connectivity index (χ0) is 11.0. The van der Waals surface area contributed by atoms with Crippen LogP contribution in [0.3, 0.4) is 0 Å². The lowest BCUT2D eigenvalue weighted by Crippen LogP contribution is -2.50. The Kier molecular flexibility index (Phi) is 2.60. The van der Waals surface area contributed by atoms with Crippen LogP contribution in [0.25, 0.3) is 0 Å². The first kappa shape index (κ1) is 10.2. The number of rotatable bonds is 1. The first-order valence-corrected chi connectivity index (χ1v) is 6.39. The van der Waals surface area contributed by atoms with E-state index in [1.54, 1.807) is 0 Å². The van der Waals surface area contributed by atoms with Crippen LogP contribution >= 0.6 is 0 Å². The Morgan fingerprint density at radius 1 is 1.12 bits per heavy atom. The molecule has 0 N–H and O–H groups in total. The molecule has 1 unspecified atom stereocenters. The topological polar surface area (TPSA) is 6.48 Å². The van der Waals surface area contributed by atoms with Gasteiger partial charge in [-0.25, -0.2) is 0 Å². The van der Waals surface area contributed by atoms with E-state index in [1.807, 2.05) is 0 Å². The summed E-state index contributed by atoms with van der Waals surface area (Å²) in [6, 6.07) is 9.58. The number of hydrogen-bond donors (Lipinski definition) is 0. The third kappa shape index (κ3) is 1.71. The van der Waals surface area contributed by atoms with Gasteiger partial charge in [0.1, 0.15) is 0 Å². The molecule has 0 radical (unpaired) electrons. The van der Waals surface area contributed by atoms with E-state index >= 15 is 0 Å². The van der Waals surface area contributed by atoms with Crippen LogP contribution in [0.1, 0.15) is 18.4 Å². The van der Waals surface area contributed by atoms with E-state index in [0.717, 1.165) is 6.04 Å². The minimum atomic E-state index is 0.813. The summed E-state index contributed by atoms with van der Waals surface area (Å²) in [4.78, 5) is 5.23. The van der Waals surface area contributed by atoms with Gasteiger partial charge in [0.15, 0.2) is 0 Å². The SMILES string of the molecule is Cc1ccccc1N1CCN2CCCC2C1. The van der Waals surface area contributed by atoms with E-state index in [9.17, 15) is 0 Å². The molecule has 2 heterocycles. The second kappa shape index (κ2) is 4.10. The Morgan fingerprint density at radius 2 is 2.00 bits per heavy atom. The Hall–Kier alpha value is -1.02. The fourth-order valence-corrected chi connectivity index (χ4v) is 3.13. The molecule has 2 fully saturated rings. The highest BCUT2D eigenvalue weighted by Crippen LogP contribution is 2.27. The van der Waals surface area contributed by atoms with Crippen molar-refractivity contribution in [2.75, 3.05) is 31.1 Å². The summed E-state index contributed by atoms with van der Waals surface area (Å²) < 4.78 is 0. The number of para-hydroxylation sites is 1. The Labute approximate surface area is 97.9 Å². The minimum absolute atomic E-state index is 0.813. The fraction of sp³-hybridized carbons (Fsp3) is 0.571. The number of hydrogen-bond acceptors (Lipinski definition) is 2. The van der Waals surface area contributed by atoms with Crippen LogP contribution in [-0.4, -0.2) is 37.1 Å². The lowest BCUT2D eigenvalue weighted by molar-refractivity contribution is 0.231. The van der Waals surface area contributed by atoms with Gasteiger partial charge in [0.2, 0.25) is 0 Å². The zero-order valence-electron chi connectivity index (χ0n) is 10.0. The van der Waals surface area contributed by atoms with Crippen molar-refractivity contribution in [3.8, 4) is 0 Å². The molecule has 0 bridgehead atoms. The molecule has 1 aromatic carbocycles. The number of fused-ring (bicyclic) bond motifs is 1. The summed E-state index contributed by atoms with van der Waals surface area (Å²) >= 11 is 0. The maximum absolute atomic E-state index is 2.66. The molecule has 1 atom stereocenters. The molecular weight excluding hydrogens is 196 g/mol. The molecular formula is C14H20N2. The second-order valence-electron chi connectivity index (χ2n) is 5.06. The van der Waals surface area contributed by atoms with Crippen molar-refractivity contribution < 1.29 is 0 Å². The summed E-state index contributed by atoms with van der Waals surface area (Å²) in [5.74, 6) is 0. The minimum Gasteiger partial charge on any atom is -0.368 e. The van der Waals surface area contributed by atoms with Crippen LogP contribution in [0.4, 0.5) is 5.69 Å². The van der Waals surface area contributed by atoms with Crippen molar-refractivity contribution in [3.63, 3.8) is 0 Å². The average Bonchev–Trinajstić information content (AvgIpc) is 2.76. The van der Waals surface area contributed by atoms with Crippen LogP contribution in [-0.2, 0) is 0 Å². The second-order valence-corrected chi connectivity index (χ2v) is 5.06. The van der Waals surface area contributed by atoms with Gasteiger partial charge in [0.25, 0.3) is 0 Å². The third-order valence-electron chi connectivity index (χ3n) is 4.04.